The molecule has 0 atom stereocenters. The second kappa shape index (κ2) is 15.4. The van der Waals surface area contributed by atoms with Gasteiger partial charge in [0.25, 0.3) is 0 Å². The smallest absolute Gasteiger partial charge is 0.00669 e. The SMILES string of the molecule is CCCCP(CCCC)Cc1cccc2c(CP(CCCC)CCCC)cccc12. The molecule has 0 spiro atoms. The molecule has 0 N–H and O–H groups in total. The van der Waals surface area contributed by atoms with E-state index < -0.39 is 0 Å². The van der Waals surface area contributed by atoms with Gasteiger partial charge in [0, 0.05) is 0 Å². The molecule has 168 valence electrons. The molecule has 0 aliphatic heterocycles. The molecule has 0 saturated heterocycles. The third-order valence-corrected chi connectivity index (χ3v) is 11.6. The summed E-state index contributed by atoms with van der Waals surface area (Å²) in [5.41, 5.74) is 3.25. The Morgan fingerprint density at radius 2 is 0.833 bits per heavy atom. The van der Waals surface area contributed by atoms with Crippen LogP contribution in [0.1, 0.15) is 90.2 Å². The van der Waals surface area contributed by atoms with Crippen molar-refractivity contribution in [2.75, 3.05) is 24.6 Å². The normalized spacial score (nSPS) is 11.8. The lowest BCUT2D eigenvalue weighted by atomic mass is 10.0. The van der Waals surface area contributed by atoms with Crippen molar-refractivity contribution >= 4 is 26.6 Å². The molecular weight excluding hydrogens is 398 g/mol. The summed E-state index contributed by atoms with van der Waals surface area (Å²) < 4.78 is 0. The molecule has 0 aromatic heterocycles. The van der Waals surface area contributed by atoms with Crippen LogP contribution >= 0.6 is 15.8 Å². The zero-order valence-corrected chi connectivity index (χ0v) is 22.0. The summed E-state index contributed by atoms with van der Waals surface area (Å²) in [6.07, 6.45) is 19.5. The van der Waals surface area contributed by atoms with Crippen LogP contribution < -0.4 is 0 Å². The zero-order chi connectivity index (χ0) is 21.6. The van der Waals surface area contributed by atoms with Crippen LogP contribution in [0.15, 0.2) is 36.4 Å². The average molecular weight is 445 g/mol. The molecule has 0 amide bonds. The Bertz CT molecular complexity index is 632. The Morgan fingerprint density at radius 1 is 0.500 bits per heavy atom. The summed E-state index contributed by atoms with van der Waals surface area (Å²) in [6.45, 7) is 9.36. The summed E-state index contributed by atoms with van der Waals surface area (Å²) in [4.78, 5) is 0. The van der Waals surface area contributed by atoms with Gasteiger partial charge in [0.05, 0.1) is 0 Å². The first-order chi connectivity index (χ1) is 14.7. The van der Waals surface area contributed by atoms with Crippen LogP contribution in [0.4, 0.5) is 0 Å². The van der Waals surface area contributed by atoms with Crippen LogP contribution in [-0.2, 0) is 12.3 Å². The van der Waals surface area contributed by atoms with Gasteiger partial charge in [0.15, 0.2) is 0 Å². The van der Waals surface area contributed by atoms with Crippen LogP contribution in [0.3, 0.4) is 0 Å². The Hall–Kier alpha value is -0.440. The van der Waals surface area contributed by atoms with Crippen molar-refractivity contribution in [3.63, 3.8) is 0 Å². The molecule has 2 aromatic carbocycles. The monoisotopic (exact) mass is 444 g/mol. The maximum atomic E-state index is 2.43. The first-order valence-corrected chi connectivity index (χ1v) is 16.5. The van der Waals surface area contributed by atoms with E-state index in [-0.39, 0.29) is 15.8 Å². The molecule has 0 heterocycles. The van der Waals surface area contributed by atoms with Crippen LogP contribution in [0, 0.1) is 0 Å². The van der Waals surface area contributed by atoms with E-state index in [1.54, 1.807) is 21.9 Å². The van der Waals surface area contributed by atoms with Crippen molar-refractivity contribution in [1.29, 1.82) is 0 Å². The summed E-state index contributed by atoms with van der Waals surface area (Å²) in [6, 6.07) is 14.3. The van der Waals surface area contributed by atoms with Crippen LogP contribution in [0.5, 0.6) is 0 Å². The van der Waals surface area contributed by atoms with Crippen molar-refractivity contribution in [1.82, 2.24) is 0 Å². The van der Waals surface area contributed by atoms with Gasteiger partial charge in [0.2, 0.25) is 0 Å². The van der Waals surface area contributed by atoms with Crippen molar-refractivity contribution < 1.29 is 0 Å². The number of hydrogen-bond acceptors (Lipinski definition) is 0. The number of benzene rings is 2. The quantitative estimate of drug-likeness (QED) is 0.226. The van der Waals surface area contributed by atoms with Crippen LogP contribution in [0.2, 0.25) is 0 Å². The summed E-state index contributed by atoms with van der Waals surface area (Å²) in [5.74, 6) is 0. The fraction of sp³-hybridized carbons (Fsp3) is 0.643. The van der Waals surface area contributed by atoms with Gasteiger partial charge in [-0.1, -0.05) is 89.8 Å². The van der Waals surface area contributed by atoms with E-state index in [0.717, 1.165) is 0 Å². The third kappa shape index (κ3) is 8.60. The minimum absolute atomic E-state index is 0.140. The van der Waals surface area contributed by atoms with Gasteiger partial charge in [0.1, 0.15) is 0 Å². The molecule has 0 fully saturated rings. The first kappa shape index (κ1) is 25.8. The van der Waals surface area contributed by atoms with E-state index in [2.05, 4.69) is 64.1 Å². The Labute approximate surface area is 190 Å². The fourth-order valence-electron chi connectivity index (χ4n) is 4.26. The maximum absolute atomic E-state index is 2.43. The Morgan fingerprint density at radius 3 is 1.13 bits per heavy atom. The van der Waals surface area contributed by atoms with E-state index in [4.69, 9.17) is 0 Å². The standard InChI is InChI=1S/C28H46P2/c1-5-9-19-29(20-10-6-2)23-25-15-13-18-28-26(16-14-17-27(25)28)24-30(21-11-7-3)22-12-8-4/h13-18H,5-12,19-24H2,1-4H3. The summed E-state index contributed by atoms with van der Waals surface area (Å²) in [5, 5.41) is 3.10. The van der Waals surface area contributed by atoms with Gasteiger partial charge < -0.3 is 0 Å². The molecule has 0 bridgehead atoms. The molecule has 0 unspecified atom stereocenters. The highest BCUT2D eigenvalue weighted by molar-refractivity contribution is 7.57. The van der Waals surface area contributed by atoms with Crippen molar-refractivity contribution in [2.45, 2.75) is 91.4 Å². The van der Waals surface area contributed by atoms with Gasteiger partial charge in [-0.25, -0.2) is 0 Å². The lowest BCUT2D eigenvalue weighted by molar-refractivity contribution is 0.865. The lowest BCUT2D eigenvalue weighted by Crippen LogP contribution is -1.98. The van der Waals surface area contributed by atoms with Crippen LogP contribution in [-0.4, -0.2) is 24.6 Å². The number of hydrogen-bond donors (Lipinski definition) is 0. The fourth-order valence-corrected chi connectivity index (χ4v) is 9.91. The Balaban J connectivity index is 2.23. The highest BCUT2D eigenvalue weighted by Crippen LogP contribution is 2.45. The predicted molar refractivity (Wildman–Crippen MR) is 144 cm³/mol. The topological polar surface area (TPSA) is 0 Å². The molecule has 0 radical (unpaired) electrons. The Kier molecular flexibility index (Phi) is 13.2. The number of rotatable bonds is 16. The largest absolute Gasteiger partial charge is 0.102 e. The average Bonchev–Trinajstić information content (AvgIpc) is 2.77. The minimum atomic E-state index is 0.140. The number of unbranched alkanes of at least 4 members (excludes halogenated alkanes) is 4. The molecule has 0 aliphatic carbocycles. The lowest BCUT2D eigenvalue weighted by Gasteiger charge is -2.21. The molecule has 2 aromatic rings. The second-order valence-corrected chi connectivity index (χ2v) is 14.0. The molecule has 30 heavy (non-hydrogen) atoms. The first-order valence-electron chi connectivity index (χ1n) is 12.7. The highest BCUT2D eigenvalue weighted by Gasteiger charge is 2.14. The maximum Gasteiger partial charge on any atom is -0.00669 e. The third-order valence-electron chi connectivity index (χ3n) is 6.20. The van der Waals surface area contributed by atoms with E-state index in [1.807, 2.05) is 0 Å². The van der Waals surface area contributed by atoms with E-state index in [9.17, 15) is 0 Å². The zero-order valence-electron chi connectivity index (χ0n) is 20.3. The van der Waals surface area contributed by atoms with Gasteiger partial charge in [-0.05, 0) is 84.6 Å². The second-order valence-electron chi connectivity index (χ2n) is 8.90. The predicted octanol–water partition coefficient (Wildman–Crippen LogP) is 10.0. The minimum Gasteiger partial charge on any atom is -0.102 e. The van der Waals surface area contributed by atoms with Gasteiger partial charge in [-0.3, -0.25) is 0 Å². The highest BCUT2D eigenvalue weighted by atomic mass is 31.1. The molecule has 0 aliphatic rings. The van der Waals surface area contributed by atoms with Crippen molar-refractivity contribution in [3.8, 4) is 0 Å². The van der Waals surface area contributed by atoms with Crippen molar-refractivity contribution in [3.05, 3.63) is 47.5 Å². The summed E-state index contributed by atoms with van der Waals surface area (Å²) >= 11 is 0. The molecule has 2 rings (SSSR count). The molecule has 0 nitrogen and oxygen atoms in total. The van der Waals surface area contributed by atoms with Gasteiger partial charge in [-0.15, -0.1) is 15.8 Å². The van der Waals surface area contributed by atoms with E-state index in [0.29, 0.717) is 0 Å². The van der Waals surface area contributed by atoms with E-state index in [1.165, 1.54) is 88.3 Å². The summed E-state index contributed by atoms with van der Waals surface area (Å²) in [7, 11) is 0.279. The van der Waals surface area contributed by atoms with Crippen LogP contribution in [0.25, 0.3) is 10.8 Å². The van der Waals surface area contributed by atoms with E-state index >= 15 is 0 Å². The van der Waals surface area contributed by atoms with Crippen molar-refractivity contribution in [2.24, 2.45) is 0 Å². The van der Waals surface area contributed by atoms with Gasteiger partial charge in [-0.2, -0.15) is 0 Å². The molecular formula is C28H46P2. The number of fused-ring (bicyclic) bond motifs is 1. The molecule has 0 saturated carbocycles. The molecule has 2 heteroatoms. The van der Waals surface area contributed by atoms with Gasteiger partial charge >= 0.3 is 0 Å².